The average molecular weight is 251 g/mol. The highest BCUT2D eigenvalue weighted by Gasteiger charge is 2.13. The van der Waals surface area contributed by atoms with Gasteiger partial charge in [-0.05, 0) is 25.0 Å². The Kier molecular flexibility index (Phi) is 5.17. The number of carbonyl (C=O) groups excluding carboxylic acids is 2. The first kappa shape index (κ1) is 14.0. The number of esters is 2. The zero-order chi connectivity index (χ0) is 13.5. The van der Waals surface area contributed by atoms with E-state index in [1.165, 1.54) is 7.11 Å². The topological polar surface area (TPSA) is 78.6 Å². The molecule has 0 amide bonds. The van der Waals surface area contributed by atoms with Gasteiger partial charge in [-0.1, -0.05) is 12.1 Å². The summed E-state index contributed by atoms with van der Waals surface area (Å²) in [5.74, 6) is -0.781. The lowest BCUT2D eigenvalue weighted by atomic mass is 10.1. The Labute approximate surface area is 106 Å². The summed E-state index contributed by atoms with van der Waals surface area (Å²) in [5, 5.41) is 0. The molecule has 0 atom stereocenters. The van der Waals surface area contributed by atoms with Gasteiger partial charge in [-0.25, -0.2) is 4.79 Å². The zero-order valence-electron chi connectivity index (χ0n) is 10.6. The van der Waals surface area contributed by atoms with E-state index in [9.17, 15) is 9.59 Å². The van der Waals surface area contributed by atoms with Crippen LogP contribution in [0.15, 0.2) is 18.2 Å². The van der Waals surface area contributed by atoms with Crippen molar-refractivity contribution in [3.8, 4) is 0 Å². The van der Waals surface area contributed by atoms with Crippen LogP contribution >= 0.6 is 0 Å². The van der Waals surface area contributed by atoms with Crippen molar-refractivity contribution in [2.45, 2.75) is 19.8 Å². The highest BCUT2D eigenvalue weighted by atomic mass is 16.5. The molecule has 2 N–H and O–H groups in total. The number of aryl methyl sites for hydroxylation is 1. The lowest BCUT2D eigenvalue weighted by Crippen LogP contribution is -2.12. The lowest BCUT2D eigenvalue weighted by Gasteiger charge is -2.09. The number of carbonyl (C=O) groups is 2. The van der Waals surface area contributed by atoms with Crippen molar-refractivity contribution >= 4 is 17.6 Å². The van der Waals surface area contributed by atoms with E-state index in [1.54, 1.807) is 25.1 Å². The van der Waals surface area contributed by atoms with Crippen molar-refractivity contribution in [1.82, 2.24) is 0 Å². The van der Waals surface area contributed by atoms with E-state index >= 15 is 0 Å². The predicted molar refractivity (Wildman–Crippen MR) is 67.1 cm³/mol. The summed E-state index contributed by atoms with van der Waals surface area (Å²) in [7, 11) is 1.32. The van der Waals surface area contributed by atoms with Crippen molar-refractivity contribution in [3.05, 3.63) is 29.3 Å². The zero-order valence-corrected chi connectivity index (χ0v) is 10.6. The molecule has 1 aromatic carbocycles. The second-order valence-electron chi connectivity index (χ2n) is 3.85. The normalized spacial score (nSPS) is 9.89. The Balaban J connectivity index is 2.49. The third kappa shape index (κ3) is 3.76. The van der Waals surface area contributed by atoms with Gasteiger partial charge in [0.1, 0.15) is 0 Å². The van der Waals surface area contributed by atoms with Crippen molar-refractivity contribution in [1.29, 1.82) is 0 Å². The molecule has 1 aromatic rings. The molecule has 0 spiro atoms. The van der Waals surface area contributed by atoms with Crippen LogP contribution in [0.3, 0.4) is 0 Å². The van der Waals surface area contributed by atoms with E-state index < -0.39 is 5.97 Å². The van der Waals surface area contributed by atoms with Gasteiger partial charge in [0.2, 0.25) is 0 Å². The van der Waals surface area contributed by atoms with Gasteiger partial charge in [-0.15, -0.1) is 0 Å². The summed E-state index contributed by atoms with van der Waals surface area (Å²) >= 11 is 0. The highest BCUT2D eigenvalue weighted by Crippen LogP contribution is 2.17. The first-order valence-corrected chi connectivity index (χ1v) is 5.65. The van der Waals surface area contributed by atoms with Crippen molar-refractivity contribution < 1.29 is 19.1 Å². The summed E-state index contributed by atoms with van der Waals surface area (Å²) < 4.78 is 9.54. The third-order valence-electron chi connectivity index (χ3n) is 2.50. The van der Waals surface area contributed by atoms with Gasteiger partial charge in [0, 0.05) is 12.1 Å². The minimum Gasteiger partial charge on any atom is -0.469 e. The Morgan fingerprint density at radius 3 is 2.67 bits per heavy atom. The molecule has 5 nitrogen and oxygen atoms in total. The van der Waals surface area contributed by atoms with Crippen LogP contribution in [-0.4, -0.2) is 25.7 Å². The molecule has 0 aliphatic carbocycles. The molecule has 18 heavy (non-hydrogen) atoms. The first-order valence-electron chi connectivity index (χ1n) is 5.65. The van der Waals surface area contributed by atoms with E-state index in [1.807, 2.05) is 0 Å². The van der Waals surface area contributed by atoms with E-state index in [0.29, 0.717) is 17.7 Å². The standard InChI is InChI=1S/C13H17NO4/c1-9-5-3-6-10(14)12(9)13(16)18-8-4-7-11(15)17-2/h3,5-6H,4,7-8,14H2,1-2H3. The fourth-order valence-corrected chi connectivity index (χ4v) is 1.52. The molecule has 1 rings (SSSR count). The molecule has 0 radical (unpaired) electrons. The number of nitrogens with two attached hydrogens (primary N) is 1. The summed E-state index contributed by atoms with van der Waals surface area (Å²) in [4.78, 5) is 22.6. The molecule has 5 heteroatoms. The fourth-order valence-electron chi connectivity index (χ4n) is 1.52. The molecular formula is C13H17NO4. The van der Waals surface area contributed by atoms with Gasteiger partial charge >= 0.3 is 11.9 Å². The van der Waals surface area contributed by atoms with Crippen LogP contribution in [0.2, 0.25) is 0 Å². The number of rotatable bonds is 5. The number of benzene rings is 1. The molecule has 0 aromatic heterocycles. The number of anilines is 1. The quantitative estimate of drug-likeness (QED) is 0.489. The van der Waals surface area contributed by atoms with Crippen LogP contribution in [0.25, 0.3) is 0 Å². The molecule has 0 bridgehead atoms. The molecule has 0 aliphatic rings. The van der Waals surface area contributed by atoms with E-state index in [4.69, 9.17) is 10.5 Å². The van der Waals surface area contributed by atoms with E-state index in [2.05, 4.69) is 4.74 Å². The van der Waals surface area contributed by atoms with Gasteiger partial charge < -0.3 is 15.2 Å². The maximum absolute atomic E-state index is 11.8. The van der Waals surface area contributed by atoms with Crippen LogP contribution in [0.5, 0.6) is 0 Å². The lowest BCUT2D eigenvalue weighted by molar-refractivity contribution is -0.140. The van der Waals surface area contributed by atoms with Crippen LogP contribution in [0, 0.1) is 6.92 Å². The molecular weight excluding hydrogens is 234 g/mol. The van der Waals surface area contributed by atoms with Crippen molar-refractivity contribution in [2.24, 2.45) is 0 Å². The van der Waals surface area contributed by atoms with Crippen molar-refractivity contribution in [2.75, 3.05) is 19.5 Å². The molecule has 0 aliphatic heterocycles. The second-order valence-corrected chi connectivity index (χ2v) is 3.85. The number of hydrogen-bond donors (Lipinski definition) is 1. The van der Waals surface area contributed by atoms with Crippen molar-refractivity contribution in [3.63, 3.8) is 0 Å². The minimum absolute atomic E-state index is 0.168. The summed E-state index contributed by atoms with van der Waals surface area (Å²) in [6.45, 7) is 1.96. The Morgan fingerprint density at radius 1 is 1.33 bits per heavy atom. The predicted octanol–water partition coefficient (Wildman–Crippen LogP) is 1.69. The molecule has 0 saturated carbocycles. The van der Waals surface area contributed by atoms with Gasteiger partial charge in [0.05, 0.1) is 19.3 Å². The number of nitrogen functional groups attached to an aromatic ring is 1. The smallest absolute Gasteiger partial charge is 0.340 e. The fraction of sp³-hybridized carbons (Fsp3) is 0.385. The average Bonchev–Trinajstić information content (AvgIpc) is 2.34. The Hall–Kier alpha value is -2.04. The third-order valence-corrected chi connectivity index (χ3v) is 2.50. The van der Waals surface area contributed by atoms with Gasteiger partial charge in [-0.2, -0.15) is 0 Å². The first-order chi connectivity index (χ1) is 8.56. The molecule has 0 saturated heterocycles. The van der Waals surface area contributed by atoms with E-state index in [-0.39, 0.29) is 19.0 Å². The van der Waals surface area contributed by atoms with Gasteiger partial charge in [0.15, 0.2) is 0 Å². The minimum atomic E-state index is -0.463. The SMILES string of the molecule is COC(=O)CCCOC(=O)c1c(C)cccc1N. The summed E-state index contributed by atoms with van der Waals surface area (Å²) in [6, 6.07) is 5.22. The summed E-state index contributed by atoms with van der Waals surface area (Å²) in [6.07, 6.45) is 0.664. The molecule has 0 fully saturated rings. The van der Waals surface area contributed by atoms with Gasteiger partial charge in [-0.3, -0.25) is 4.79 Å². The Bertz CT molecular complexity index is 422. The van der Waals surface area contributed by atoms with E-state index in [0.717, 1.165) is 5.56 Å². The number of ether oxygens (including phenoxy) is 2. The second kappa shape index (κ2) is 6.64. The molecule has 0 heterocycles. The van der Waals surface area contributed by atoms with Crippen LogP contribution in [0.1, 0.15) is 28.8 Å². The largest absolute Gasteiger partial charge is 0.469 e. The number of methoxy groups -OCH3 is 1. The maximum atomic E-state index is 11.8. The molecule has 0 unspecified atom stereocenters. The number of hydrogen-bond acceptors (Lipinski definition) is 5. The van der Waals surface area contributed by atoms with Crippen LogP contribution in [0.4, 0.5) is 5.69 Å². The van der Waals surface area contributed by atoms with Crippen LogP contribution < -0.4 is 5.73 Å². The van der Waals surface area contributed by atoms with Gasteiger partial charge in [0.25, 0.3) is 0 Å². The highest BCUT2D eigenvalue weighted by molar-refractivity contribution is 5.96. The Morgan fingerprint density at radius 2 is 2.06 bits per heavy atom. The van der Waals surface area contributed by atoms with Crippen LogP contribution in [-0.2, 0) is 14.3 Å². The summed E-state index contributed by atoms with van der Waals surface area (Å²) in [5.41, 5.74) is 7.27. The monoisotopic (exact) mass is 251 g/mol. The molecule has 98 valence electrons. The maximum Gasteiger partial charge on any atom is 0.340 e.